The SMILES string of the molecule is Cc1ccoc1C(=O)NC(C)c1ccc2c(c1)OCO2. The fourth-order valence-electron chi connectivity index (χ4n) is 2.13. The molecule has 0 aliphatic carbocycles. The highest BCUT2D eigenvalue weighted by Gasteiger charge is 2.19. The van der Waals surface area contributed by atoms with E-state index in [-0.39, 0.29) is 18.7 Å². The summed E-state index contributed by atoms with van der Waals surface area (Å²) in [5, 5.41) is 2.90. The molecule has 5 heteroatoms. The lowest BCUT2D eigenvalue weighted by atomic mass is 10.1. The predicted molar refractivity (Wildman–Crippen MR) is 71.9 cm³/mol. The minimum atomic E-state index is -0.224. The molecular weight excluding hydrogens is 258 g/mol. The van der Waals surface area contributed by atoms with Gasteiger partial charge in [0.1, 0.15) is 0 Å². The number of hydrogen-bond donors (Lipinski definition) is 1. The van der Waals surface area contributed by atoms with Crippen LogP contribution in [0.4, 0.5) is 0 Å². The Morgan fingerprint density at radius 2 is 2.05 bits per heavy atom. The van der Waals surface area contributed by atoms with Gasteiger partial charge in [0.15, 0.2) is 17.3 Å². The topological polar surface area (TPSA) is 60.7 Å². The van der Waals surface area contributed by atoms with E-state index >= 15 is 0 Å². The van der Waals surface area contributed by atoms with Gasteiger partial charge in [-0.1, -0.05) is 6.07 Å². The third-order valence-electron chi connectivity index (χ3n) is 3.31. The first kappa shape index (κ1) is 12.6. The molecule has 1 aromatic carbocycles. The Labute approximate surface area is 116 Å². The van der Waals surface area contributed by atoms with E-state index in [9.17, 15) is 4.79 Å². The molecule has 1 aromatic heterocycles. The van der Waals surface area contributed by atoms with Gasteiger partial charge in [0, 0.05) is 5.56 Å². The zero-order chi connectivity index (χ0) is 14.1. The number of benzene rings is 1. The number of carbonyl (C=O) groups excluding carboxylic acids is 1. The Balaban J connectivity index is 1.75. The molecule has 1 aliphatic heterocycles. The predicted octanol–water partition coefficient (Wildman–Crippen LogP) is 2.81. The van der Waals surface area contributed by atoms with E-state index in [0.29, 0.717) is 11.5 Å². The van der Waals surface area contributed by atoms with Crippen LogP contribution >= 0.6 is 0 Å². The highest BCUT2D eigenvalue weighted by molar-refractivity contribution is 5.93. The first-order valence-corrected chi connectivity index (χ1v) is 6.39. The van der Waals surface area contributed by atoms with Gasteiger partial charge in [-0.15, -0.1) is 0 Å². The largest absolute Gasteiger partial charge is 0.459 e. The maximum absolute atomic E-state index is 12.1. The quantitative estimate of drug-likeness (QED) is 0.934. The van der Waals surface area contributed by atoms with Crippen LogP contribution in [0.5, 0.6) is 11.5 Å². The van der Waals surface area contributed by atoms with Crippen molar-refractivity contribution in [3.63, 3.8) is 0 Å². The highest BCUT2D eigenvalue weighted by Crippen LogP contribution is 2.34. The van der Waals surface area contributed by atoms with Crippen molar-refractivity contribution in [3.8, 4) is 11.5 Å². The molecule has 20 heavy (non-hydrogen) atoms. The summed E-state index contributed by atoms with van der Waals surface area (Å²) in [6.07, 6.45) is 1.51. The molecule has 5 nitrogen and oxygen atoms in total. The van der Waals surface area contributed by atoms with Gasteiger partial charge in [-0.05, 0) is 37.6 Å². The molecule has 0 bridgehead atoms. The van der Waals surface area contributed by atoms with Gasteiger partial charge in [-0.2, -0.15) is 0 Å². The summed E-state index contributed by atoms with van der Waals surface area (Å²) in [6.45, 7) is 3.99. The van der Waals surface area contributed by atoms with Crippen molar-refractivity contribution in [1.82, 2.24) is 5.32 Å². The molecule has 2 aromatic rings. The number of ether oxygens (including phenoxy) is 2. The number of rotatable bonds is 3. The number of furan rings is 1. The monoisotopic (exact) mass is 273 g/mol. The van der Waals surface area contributed by atoms with Gasteiger partial charge >= 0.3 is 0 Å². The molecule has 1 atom stereocenters. The van der Waals surface area contributed by atoms with E-state index in [2.05, 4.69) is 5.32 Å². The van der Waals surface area contributed by atoms with E-state index in [4.69, 9.17) is 13.9 Å². The number of amides is 1. The summed E-state index contributed by atoms with van der Waals surface area (Å²) < 4.78 is 15.8. The smallest absolute Gasteiger partial charge is 0.287 e. The molecule has 1 N–H and O–H groups in total. The highest BCUT2D eigenvalue weighted by atomic mass is 16.7. The van der Waals surface area contributed by atoms with Crippen molar-refractivity contribution < 1.29 is 18.7 Å². The van der Waals surface area contributed by atoms with Crippen molar-refractivity contribution >= 4 is 5.91 Å². The second-order valence-corrected chi connectivity index (χ2v) is 4.74. The normalized spacial score (nSPS) is 14.1. The first-order valence-electron chi connectivity index (χ1n) is 6.39. The van der Waals surface area contributed by atoms with Crippen LogP contribution in [-0.4, -0.2) is 12.7 Å². The van der Waals surface area contributed by atoms with Crippen LogP contribution in [0, 0.1) is 6.92 Å². The Morgan fingerprint density at radius 3 is 2.80 bits per heavy atom. The zero-order valence-corrected chi connectivity index (χ0v) is 11.3. The number of nitrogens with one attached hydrogen (secondary N) is 1. The van der Waals surface area contributed by atoms with Crippen LogP contribution in [-0.2, 0) is 0 Å². The summed E-state index contributed by atoms with van der Waals surface area (Å²) in [4.78, 5) is 12.1. The molecular formula is C15H15NO4. The molecule has 0 fully saturated rings. The van der Waals surface area contributed by atoms with Gasteiger partial charge in [-0.25, -0.2) is 0 Å². The van der Waals surface area contributed by atoms with Crippen molar-refractivity contribution in [3.05, 3.63) is 47.4 Å². The summed E-state index contributed by atoms with van der Waals surface area (Å²) in [5.41, 5.74) is 1.77. The lowest BCUT2D eigenvalue weighted by molar-refractivity contribution is 0.0911. The average Bonchev–Trinajstić information content (AvgIpc) is 3.05. The molecule has 1 amide bonds. The van der Waals surface area contributed by atoms with Crippen molar-refractivity contribution in [2.75, 3.05) is 6.79 Å². The molecule has 2 heterocycles. The molecule has 0 saturated carbocycles. The van der Waals surface area contributed by atoms with Crippen LogP contribution in [0.15, 0.2) is 34.9 Å². The van der Waals surface area contributed by atoms with Crippen molar-refractivity contribution in [1.29, 1.82) is 0 Å². The van der Waals surface area contributed by atoms with Gasteiger partial charge in [0.25, 0.3) is 5.91 Å². The van der Waals surface area contributed by atoms with E-state index < -0.39 is 0 Å². The van der Waals surface area contributed by atoms with Crippen LogP contribution in [0.2, 0.25) is 0 Å². The Morgan fingerprint density at radius 1 is 1.25 bits per heavy atom. The minimum Gasteiger partial charge on any atom is -0.459 e. The third kappa shape index (κ3) is 2.22. The Kier molecular flexibility index (Phi) is 3.10. The maximum atomic E-state index is 12.1. The fraction of sp³-hybridized carbons (Fsp3) is 0.267. The second kappa shape index (κ2) is 4.92. The van der Waals surface area contributed by atoms with Gasteiger partial charge in [-0.3, -0.25) is 4.79 Å². The van der Waals surface area contributed by atoms with E-state index in [1.807, 2.05) is 32.0 Å². The third-order valence-corrected chi connectivity index (χ3v) is 3.31. The summed E-state index contributed by atoms with van der Waals surface area (Å²) in [6, 6.07) is 7.25. The lowest BCUT2D eigenvalue weighted by Crippen LogP contribution is -2.26. The standard InChI is InChI=1S/C15H15NO4/c1-9-5-6-18-14(9)15(17)16-10(2)11-3-4-12-13(7-11)20-8-19-12/h3-7,10H,8H2,1-2H3,(H,16,17). The average molecular weight is 273 g/mol. The fourth-order valence-corrected chi connectivity index (χ4v) is 2.13. The molecule has 1 unspecified atom stereocenters. The molecule has 0 radical (unpaired) electrons. The van der Waals surface area contributed by atoms with Crippen molar-refractivity contribution in [2.45, 2.75) is 19.9 Å². The summed E-state index contributed by atoms with van der Waals surface area (Å²) >= 11 is 0. The molecule has 1 aliphatic rings. The first-order chi connectivity index (χ1) is 9.65. The second-order valence-electron chi connectivity index (χ2n) is 4.74. The van der Waals surface area contributed by atoms with Crippen LogP contribution < -0.4 is 14.8 Å². The number of aryl methyl sites for hydroxylation is 1. The van der Waals surface area contributed by atoms with Crippen molar-refractivity contribution in [2.24, 2.45) is 0 Å². The van der Waals surface area contributed by atoms with Crippen LogP contribution in [0.3, 0.4) is 0 Å². The molecule has 104 valence electrons. The van der Waals surface area contributed by atoms with E-state index in [0.717, 1.165) is 16.9 Å². The van der Waals surface area contributed by atoms with Gasteiger partial charge in [0.2, 0.25) is 6.79 Å². The Bertz CT molecular complexity index is 647. The maximum Gasteiger partial charge on any atom is 0.287 e. The van der Waals surface area contributed by atoms with E-state index in [1.165, 1.54) is 6.26 Å². The number of fused-ring (bicyclic) bond motifs is 1. The summed E-state index contributed by atoms with van der Waals surface area (Å²) in [7, 11) is 0. The van der Waals surface area contributed by atoms with Crippen LogP contribution in [0.25, 0.3) is 0 Å². The van der Waals surface area contributed by atoms with Crippen LogP contribution in [0.1, 0.15) is 34.6 Å². The molecule has 3 rings (SSSR count). The lowest BCUT2D eigenvalue weighted by Gasteiger charge is -2.14. The number of hydrogen-bond acceptors (Lipinski definition) is 4. The number of carbonyl (C=O) groups is 1. The summed E-state index contributed by atoms with van der Waals surface area (Å²) in [5.74, 6) is 1.56. The van der Waals surface area contributed by atoms with Gasteiger partial charge in [0.05, 0.1) is 12.3 Å². The van der Waals surface area contributed by atoms with E-state index in [1.54, 1.807) is 6.07 Å². The zero-order valence-electron chi connectivity index (χ0n) is 11.3. The minimum absolute atomic E-state index is 0.151. The molecule has 0 saturated heterocycles. The van der Waals surface area contributed by atoms with Gasteiger partial charge < -0.3 is 19.2 Å². The molecule has 0 spiro atoms. The Hall–Kier alpha value is -2.43.